The van der Waals surface area contributed by atoms with E-state index in [1.165, 1.54) is 6.39 Å². The van der Waals surface area contributed by atoms with Gasteiger partial charge in [-0.1, -0.05) is 12.8 Å². The summed E-state index contributed by atoms with van der Waals surface area (Å²) in [6, 6.07) is 2.63. The lowest BCUT2D eigenvalue weighted by molar-refractivity contribution is 0.100. The Balaban J connectivity index is 1.64. The van der Waals surface area contributed by atoms with E-state index in [9.17, 15) is 9.18 Å². The van der Waals surface area contributed by atoms with Crippen LogP contribution in [0.4, 0.5) is 21.7 Å². The molecule has 6 N–H and O–H groups in total. The molecule has 3 heterocycles. The van der Waals surface area contributed by atoms with E-state index in [1.54, 1.807) is 24.7 Å². The summed E-state index contributed by atoms with van der Waals surface area (Å²) in [6.45, 7) is 0. The van der Waals surface area contributed by atoms with Crippen molar-refractivity contribution in [3.8, 4) is 11.3 Å². The van der Waals surface area contributed by atoms with Crippen LogP contribution in [-0.4, -0.2) is 32.9 Å². The molecule has 1 fully saturated rings. The number of rotatable bonds is 6. The highest BCUT2D eigenvalue weighted by molar-refractivity contribution is 5.98. The van der Waals surface area contributed by atoms with E-state index in [4.69, 9.17) is 15.9 Å². The Hall–Kier alpha value is -3.53. The van der Waals surface area contributed by atoms with Crippen molar-refractivity contribution in [3.63, 3.8) is 0 Å². The molecule has 3 aromatic heterocycles. The minimum atomic E-state index is -0.802. The van der Waals surface area contributed by atoms with Crippen molar-refractivity contribution < 1.29 is 13.6 Å². The van der Waals surface area contributed by atoms with Crippen LogP contribution >= 0.6 is 0 Å². The molecule has 3 aromatic rings. The molecule has 1 aliphatic rings. The first-order valence-corrected chi connectivity index (χ1v) is 9.64. The standard InChI is InChI=1S/C20H22FN7O2/c21-14-6-13(18(23)29)19(28-20(14)27-16-4-2-1-3-15(16)22)26-12-5-11(7-24-8-12)17-9-25-10-30-17/h5-10,15-16H,1-4,22H2,(H2,23,29)(H2,26,27,28). The fraction of sp³-hybridized carbons (Fsp3) is 0.300. The lowest BCUT2D eigenvalue weighted by Crippen LogP contribution is -2.43. The summed E-state index contributed by atoms with van der Waals surface area (Å²) in [4.78, 5) is 24.2. The number of pyridine rings is 2. The molecule has 0 radical (unpaired) electrons. The van der Waals surface area contributed by atoms with Gasteiger partial charge in [0.05, 0.1) is 23.6 Å². The Labute approximate surface area is 172 Å². The Bertz CT molecular complexity index is 1040. The van der Waals surface area contributed by atoms with Crippen LogP contribution in [0.15, 0.2) is 41.5 Å². The van der Waals surface area contributed by atoms with Crippen molar-refractivity contribution in [1.29, 1.82) is 0 Å². The van der Waals surface area contributed by atoms with Crippen LogP contribution in [0.5, 0.6) is 0 Å². The summed E-state index contributed by atoms with van der Waals surface area (Å²) in [7, 11) is 0. The third-order valence-electron chi connectivity index (χ3n) is 5.10. The number of nitrogens with zero attached hydrogens (tertiary/aromatic N) is 3. The van der Waals surface area contributed by atoms with E-state index in [0.29, 0.717) is 17.0 Å². The zero-order chi connectivity index (χ0) is 21.1. The van der Waals surface area contributed by atoms with Gasteiger partial charge < -0.3 is 26.5 Å². The number of hydrogen-bond donors (Lipinski definition) is 4. The van der Waals surface area contributed by atoms with Crippen molar-refractivity contribution in [1.82, 2.24) is 15.0 Å². The van der Waals surface area contributed by atoms with Crippen LogP contribution < -0.4 is 22.1 Å². The summed E-state index contributed by atoms with van der Waals surface area (Å²) in [6.07, 6.45) is 9.78. The second-order valence-electron chi connectivity index (χ2n) is 7.23. The quantitative estimate of drug-likeness (QED) is 0.484. The molecule has 156 valence electrons. The van der Waals surface area contributed by atoms with E-state index >= 15 is 0 Å². The van der Waals surface area contributed by atoms with Gasteiger partial charge in [0.1, 0.15) is 5.82 Å². The number of hydrogen-bond acceptors (Lipinski definition) is 8. The zero-order valence-electron chi connectivity index (χ0n) is 16.1. The van der Waals surface area contributed by atoms with E-state index in [2.05, 4.69) is 25.6 Å². The first kappa shape index (κ1) is 19.8. The smallest absolute Gasteiger partial charge is 0.252 e. The Kier molecular flexibility index (Phi) is 5.57. The summed E-state index contributed by atoms with van der Waals surface area (Å²) in [5.41, 5.74) is 12.7. The second-order valence-corrected chi connectivity index (χ2v) is 7.23. The molecule has 1 amide bonds. The largest absolute Gasteiger partial charge is 0.443 e. The molecular weight excluding hydrogens is 389 g/mol. The number of anilines is 3. The van der Waals surface area contributed by atoms with Crippen LogP contribution in [-0.2, 0) is 0 Å². The third kappa shape index (κ3) is 4.23. The minimum Gasteiger partial charge on any atom is -0.443 e. The van der Waals surface area contributed by atoms with Gasteiger partial charge in [0.25, 0.3) is 5.91 Å². The van der Waals surface area contributed by atoms with Crippen molar-refractivity contribution >= 4 is 23.2 Å². The van der Waals surface area contributed by atoms with Crippen LogP contribution in [0.3, 0.4) is 0 Å². The number of carbonyl (C=O) groups is 1. The average Bonchev–Trinajstić information content (AvgIpc) is 3.27. The van der Waals surface area contributed by atoms with E-state index in [1.807, 2.05) is 0 Å². The van der Waals surface area contributed by atoms with Crippen LogP contribution in [0, 0.1) is 5.82 Å². The highest BCUT2D eigenvalue weighted by Crippen LogP contribution is 2.28. The molecule has 0 saturated heterocycles. The number of oxazole rings is 1. The summed E-state index contributed by atoms with van der Waals surface area (Å²) in [5, 5.41) is 6.08. The molecule has 0 bridgehead atoms. The Morgan fingerprint density at radius 3 is 2.70 bits per heavy atom. The van der Waals surface area contributed by atoms with Gasteiger partial charge in [0.2, 0.25) is 0 Å². The minimum absolute atomic E-state index is 0.0178. The molecule has 2 atom stereocenters. The molecule has 4 rings (SSSR count). The highest BCUT2D eigenvalue weighted by atomic mass is 19.1. The van der Waals surface area contributed by atoms with Crippen LogP contribution in [0.2, 0.25) is 0 Å². The lowest BCUT2D eigenvalue weighted by Gasteiger charge is -2.30. The predicted molar refractivity (Wildman–Crippen MR) is 110 cm³/mol. The third-order valence-corrected chi connectivity index (χ3v) is 5.10. The summed E-state index contributed by atoms with van der Waals surface area (Å²) < 4.78 is 19.9. The van der Waals surface area contributed by atoms with Crippen molar-refractivity contribution in [3.05, 3.63) is 48.5 Å². The van der Waals surface area contributed by atoms with Crippen LogP contribution in [0.25, 0.3) is 11.3 Å². The first-order chi connectivity index (χ1) is 14.5. The molecule has 0 aromatic carbocycles. The molecule has 0 aliphatic heterocycles. The van der Waals surface area contributed by atoms with Crippen molar-refractivity contribution in [2.24, 2.45) is 11.5 Å². The molecule has 2 unspecified atom stereocenters. The summed E-state index contributed by atoms with van der Waals surface area (Å²) in [5.74, 6) is -0.802. The highest BCUT2D eigenvalue weighted by Gasteiger charge is 2.24. The maximum absolute atomic E-state index is 14.6. The lowest BCUT2D eigenvalue weighted by atomic mass is 9.91. The van der Waals surface area contributed by atoms with Gasteiger partial charge in [-0.05, 0) is 25.0 Å². The van der Waals surface area contributed by atoms with Gasteiger partial charge in [0.15, 0.2) is 23.8 Å². The topological polar surface area (TPSA) is 145 Å². The van der Waals surface area contributed by atoms with Gasteiger partial charge in [-0.3, -0.25) is 9.78 Å². The van der Waals surface area contributed by atoms with E-state index < -0.39 is 11.7 Å². The number of amides is 1. The number of carbonyl (C=O) groups excluding carboxylic acids is 1. The molecular formula is C20H22FN7O2. The number of nitrogens with two attached hydrogens (primary N) is 2. The monoisotopic (exact) mass is 411 g/mol. The summed E-state index contributed by atoms with van der Waals surface area (Å²) >= 11 is 0. The normalized spacial score (nSPS) is 18.7. The van der Waals surface area contributed by atoms with Gasteiger partial charge in [-0.15, -0.1) is 0 Å². The fourth-order valence-electron chi connectivity index (χ4n) is 3.53. The van der Waals surface area contributed by atoms with Gasteiger partial charge in [-0.2, -0.15) is 0 Å². The first-order valence-electron chi connectivity index (χ1n) is 9.64. The van der Waals surface area contributed by atoms with Crippen LogP contribution in [0.1, 0.15) is 36.0 Å². The Morgan fingerprint density at radius 2 is 1.97 bits per heavy atom. The van der Waals surface area contributed by atoms with Crippen molar-refractivity contribution in [2.45, 2.75) is 37.8 Å². The average molecular weight is 411 g/mol. The number of halogens is 1. The molecule has 10 heteroatoms. The number of aromatic nitrogens is 3. The predicted octanol–water partition coefficient (Wildman–Crippen LogP) is 2.80. The van der Waals surface area contributed by atoms with Crippen molar-refractivity contribution in [2.75, 3.05) is 10.6 Å². The maximum Gasteiger partial charge on any atom is 0.252 e. The molecule has 0 spiro atoms. The molecule has 1 saturated carbocycles. The molecule has 1 aliphatic carbocycles. The fourth-order valence-corrected chi connectivity index (χ4v) is 3.53. The van der Waals surface area contributed by atoms with E-state index in [-0.39, 0.29) is 29.3 Å². The van der Waals surface area contributed by atoms with Gasteiger partial charge >= 0.3 is 0 Å². The second kappa shape index (κ2) is 8.46. The SMILES string of the molecule is NC(=O)c1cc(F)c(NC2CCCCC2N)nc1Nc1cncc(-c2cnco2)c1. The number of nitrogens with one attached hydrogen (secondary N) is 2. The number of primary amides is 1. The zero-order valence-corrected chi connectivity index (χ0v) is 16.1. The van der Waals surface area contributed by atoms with E-state index in [0.717, 1.165) is 31.7 Å². The Morgan fingerprint density at radius 1 is 1.13 bits per heavy atom. The molecule has 9 nitrogen and oxygen atoms in total. The maximum atomic E-state index is 14.6. The molecule has 30 heavy (non-hydrogen) atoms. The van der Waals surface area contributed by atoms with Gasteiger partial charge in [0, 0.05) is 23.8 Å². The van der Waals surface area contributed by atoms with Gasteiger partial charge in [-0.25, -0.2) is 14.4 Å².